The Morgan fingerprint density at radius 1 is 1.34 bits per heavy atom. The van der Waals surface area contributed by atoms with Crippen LogP contribution in [0.4, 0.5) is 19.0 Å². The first-order valence-corrected chi connectivity index (χ1v) is 9.58. The second-order valence-electron chi connectivity index (χ2n) is 7.20. The molecule has 0 aliphatic carbocycles. The van der Waals surface area contributed by atoms with Crippen LogP contribution in [0.1, 0.15) is 55.0 Å². The van der Waals surface area contributed by atoms with Crippen molar-refractivity contribution >= 4 is 11.5 Å². The minimum Gasteiger partial charge on any atom is -0.468 e. The number of aromatic nitrogens is 2. The number of nitrogen functional groups attached to an aromatic ring is 1. The summed E-state index contributed by atoms with van der Waals surface area (Å²) in [6, 6.07) is 3.75. The lowest BCUT2D eigenvalue weighted by molar-refractivity contribution is -0.154. The first kappa shape index (κ1) is 21.0. The van der Waals surface area contributed by atoms with Gasteiger partial charge in [-0.2, -0.15) is 13.2 Å². The highest BCUT2D eigenvalue weighted by molar-refractivity contribution is 5.74. The molecular weight excluding hydrogens is 381 g/mol. The van der Waals surface area contributed by atoms with E-state index in [4.69, 9.17) is 10.5 Å². The van der Waals surface area contributed by atoms with Crippen LogP contribution in [0.2, 0.25) is 0 Å². The molecule has 3 heterocycles. The lowest BCUT2D eigenvalue weighted by Crippen LogP contribution is -2.22. The molecule has 2 aromatic rings. The number of alkyl halides is 3. The Morgan fingerprint density at radius 2 is 2.10 bits per heavy atom. The van der Waals surface area contributed by atoms with Crippen LogP contribution in [0.25, 0.3) is 5.70 Å². The molecule has 0 amide bonds. The summed E-state index contributed by atoms with van der Waals surface area (Å²) in [5.74, 6) is 0.517. The summed E-state index contributed by atoms with van der Waals surface area (Å²) < 4.78 is 42.0. The van der Waals surface area contributed by atoms with Crippen molar-refractivity contribution in [2.75, 3.05) is 12.3 Å². The van der Waals surface area contributed by atoms with Gasteiger partial charge in [0.25, 0.3) is 0 Å². The van der Waals surface area contributed by atoms with Crippen molar-refractivity contribution in [1.82, 2.24) is 14.9 Å². The van der Waals surface area contributed by atoms with Crippen LogP contribution < -0.4 is 10.5 Å². The summed E-state index contributed by atoms with van der Waals surface area (Å²) >= 11 is 0. The fourth-order valence-electron chi connectivity index (χ4n) is 3.47. The van der Waals surface area contributed by atoms with Crippen molar-refractivity contribution in [3.8, 4) is 5.88 Å². The zero-order valence-electron chi connectivity index (χ0n) is 16.8. The van der Waals surface area contributed by atoms with E-state index in [2.05, 4.69) is 27.9 Å². The minimum absolute atomic E-state index is 0.00169. The molecule has 0 fully saturated rings. The second-order valence-corrected chi connectivity index (χ2v) is 7.20. The van der Waals surface area contributed by atoms with Crippen LogP contribution >= 0.6 is 0 Å². The average molecular weight is 406 g/mol. The first-order valence-electron chi connectivity index (χ1n) is 9.58. The predicted octanol–water partition coefficient (Wildman–Crippen LogP) is 5.03. The lowest BCUT2D eigenvalue weighted by atomic mass is 10.1. The van der Waals surface area contributed by atoms with Gasteiger partial charge < -0.3 is 15.4 Å². The van der Waals surface area contributed by atoms with E-state index in [-0.39, 0.29) is 11.9 Å². The average Bonchev–Trinajstić information content (AvgIpc) is 3.04. The van der Waals surface area contributed by atoms with Crippen LogP contribution in [-0.4, -0.2) is 27.7 Å². The number of pyridine rings is 2. The zero-order valence-corrected chi connectivity index (χ0v) is 16.8. The third-order valence-electron chi connectivity index (χ3n) is 5.00. The molecule has 2 N–H and O–H groups in total. The molecule has 1 aliphatic rings. The normalized spacial score (nSPS) is 16.2. The zero-order chi connectivity index (χ0) is 21.2. The highest BCUT2D eigenvalue weighted by atomic mass is 19.4. The number of aryl methyl sites for hydroxylation is 1. The molecule has 2 aromatic heterocycles. The van der Waals surface area contributed by atoms with E-state index in [0.717, 1.165) is 35.2 Å². The highest BCUT2D eigenvalue weighted by Crippen LogP contribution is 2.41. The Hall–Kier alpha value is -2.77. The maximum atomic E-state index is 12.4. The molecule has 0 bridgehead atoms. The van der Waals surface area contributed by atoms with Crippen LogP contribution in [0.15, 0.2) is 30.6 Å². The fraction of sp³-hybridized carbons (Fsp3) is 0.429. The molecule has 8 heteroatoms. The molecule has 1 aliphatic heterocycles. The summed E-state index contributed by atoms with van der Waals surface area (Å²) in [6.45, 7) is 5.13. The first-order chi connectivity index (χ1) is 13.7. The Labute approximate surface area is 168 Å². The van der Waals surface area contributed by atoms with Crippen molar-refractivity contribution in [2.24, 2.45) is 0 Å². The van der Waals surface area contributed by atoms with E-state index >= 15 is 0 Å². The van der Waals surface area contributed by atoms with Gasteiger partial charge in [-0.1, -0.05) is 19.4 Å². The molecule has 1 atom stereocenters. The SMILES string of the molecule is CCC/C=C1\c2ccnc(N)c2CN1C(C)c1cnc(OCC(F)(F)F)c(C)c1. The number of unbranched alkanes of at least 4 members (excludes halogenated alkanes) is 1. The number of allylic oxidation sites excluding steroid dienone is 1. The molecule has 0 saturated carbocycles. The van der Waals surface area contributed by atoms with E-state index in [0.29, 0.717) is 17.9 Å². The predicted molar refractivity (Wildman–Crippen MR) is 106 cm³/mol. The topological polar surface area (TPSA) is 64.3 Å². The third-order valence-corrected chi connectivity index (χ3v) is 5.00. The monoisotopic (exact) mass is 406 g/mol. The van der Waals surface area contributed by atoms with Gasteiger partial charge in [0.2, 0.25) is 5.88 Å². The number of ether oxygens (including phenoxy) is 1. The summed E-state index contributed by atoms with van der Waals surface area (Å²) in [4.78, 5) is 10.6. The van der Waals surface area contributed by atoms with Gasteiger partial charge in [0.05, 0.1) is 6.04 Å². The van der Waals surface area contributed by atoms with Crippen molar-refractivity contribution in [3.05, 3.63) is 52.9 Å². The van der Waals surface area contributed by atoms with Gasteiger partial charge in [-0.25, -0.2) is 9.97 Å². The highest BCUT2D eigenvalue weighted by Gasteiger charge is 2.31. The number of anilines is 1. The van der Waals surface area contributed by atoms with Crippen LogP contribution in [-0.2, 0) is 6.54 Å². The molecule has 0 saturated heterocycles. The Kier molecular flexibility index (Phi) is 6.00. The number of hydrogen-bond donors (Lipinski definition) is 1. The molecule has 0 aromatic carbocycles. The maximum Gasteiger partial charge on any atom is 0.422 e. The van der Waals surface area contributed by atoms with E-state index in [9.17, 15) is 13.2 Å². The van der Waals surface area contributed by atoms with Gasteiger partial charge in [-0.3, -0.25) is 0 Å². The number of rotatable bonds is 6. The Morgan fingerprint density at radius 3 is 2.76 bits per heavy atom. The number of hydrogen-bond acceptors (Lipinski definition) is 5. The fourth-order valence-corrected chi connectivity index (χ4v) is 3.47. The molecule has 0 spiro atoms. The van der Waals surface area contributed by atoms with E-state index in [1.807, 2.05) is 19.1 Å². The summed E-state index contributed by atoms with van der Waals surface area (Å²) in [7, 11) is 0. The largest absolute Gasteiger partial charge is 0.468 e. The lowest BCUT2D eigenvalue weighted by Gasteiger charge is -2.29. The smallest absolute Gasteiger partial charge is 0.422 e. The molecular formula is C21H25F3N4O. The van der Waals surface area contributed by atoms with Gasteiger partial charge in [-0.15, -0.1) is 0 Å². The third kappa shape index (κ3) is 4.63. The quantitative estimate of drug-likeness (QED) is 0.729. The maximum absolute atomic E-state index is 12.4. The van der Waals surface area contributed by atoms with E-state index < -0.39 is 12.8 Å². The van der Waals surface area contributed by atoms with Gasteiger partial charge in [0.15, 0.2) is 6.61 Å². The Balaban J connectivity index is 1.86. The Bertz CT molecular complexity index is 911. The van der Waals surface area contributed by atoms with Gasteiger partial charge in [0.1, 0.15) is 5.82 Å². The number of nitrogens with two attached hydrogens (primary N) is 1. The van der Waals surface area contributed by atoms with Gasteiger partial charge in [0, 0.05) is 41.3 Å². The van der Waals surface area contributed by atoms with E-state index in [1.54, 1.807) is 19.3 Å². The van der Waals surface area contributed by atoms with Crippen LogP contribution in [0.3, 0.4) is 0 Å². The number of halogens is 3. The van der Waals surface area contributed by atoms with Gasteiger partial charge in [-0.05, 0) is 38.0 Å². The number of nitrogens with zero attached hydrogens (tertiary/aromatic N) is 3. The standard InChI is InChI=1S/C21H25F3N4O/c1-4-5-6-18-16-7-8-26-19(25)17(16)11-28(18)14(3)15-9-13(2)20(27-10-15)29-12-21(22,23)24/h6-10,14H,4-5,11-12H2,1-3H3,(H2,25,26)/b18-6+. The van der Waals surface area contributed by atoms with Crippen molar-refractivity contribution in [2.45, 2.75) is 52.4 Å². The summed E-state index contributed by atoms with van der Waals surface area (Å²) in [5.41, 5.74) is 10.7. The summed E-state index contributed by atoms with van der Waals surface area (Å²) in [5, 5.41) is 0. The van der Waals surface area contributed by atoms with Crippen molar-refractivity contribution in [1.29, 1.82) is 0 Å². The molecule has 29 heavy (non-hydrogen) atoms. The number of fused-ring (bicyclic) bond motifs is 1. The van der Waals surface area contributed by atoms with Crippen LogP contribution in [0.5, 0.6) is 5.88 Å². The van der Waals surface area contributed by atoms with Crippen molar-refractivity contribution in [3.63, 3.8) is 0 Å². The summed E-state index contributed by atoms with van der Waals surface area (Å²) in [6.07, 6.45) is 3.04. The molecule has 3 rings (SSSR count). The second kappa shape index (κ2) is 8.31. The minimum atomic E-state index is -4.39. The van der Waals surface area contributed by atoms with Crippen LogP contribution in [0, 0.1) is 6.92 Å². The molecule has 1 unspecified atom stereocenters. The van der Waals surface area contributed by atoms with Gasteiger partial charge >= 0.3 is 6.18 Å². The van der Waals surface area contributed by atoms with E-state index in [1.165, 1.54) is 0 Å². The molecule has 0 radical (unpaired) electrons. The molecule has 5 nitrogen and oxygen atoms in total. The van der Waals surface area contributed by atoms with Crippen molar-refractivity contribution < 1.29 is 17.9 Å². The molecule has 156 valence electrons.